The SMILES string of the molecule is CCOc1ccnc(N2CCN(Cc3cccc(OC(C)(C)C)n3)CC2)n1. The van der Waals surface area contributed by atoms with Crippen molar-refractivity contribution in [1.82, 2.24) is 19.9 Å². The van der Waals surface area contributed by atoms with E-state index >= 15 is 0 Å². The van der Waals surface area contributed by atoms with E-state index in [0.717, 1.165) is 44.4 Å². The summed E-state index contributed by atoms with van der Waals surface area (Å²) in [5.74, 6) is 2.05. The largest absolute Gasteiger partial charge is 0.478 e. The number of piperazine rings is 1. The van der Waals surface area contributed by atoms with Gasteiger partial charge < -0.3 is 14.4 Å². The van der Waals surface area contributed by atoms with Crippen LogP contribution in [0.4, 0.5) is 5.95 Å². The molecule has 0 radical (unpaired) electrons. The molecule has 0 aliphatic carbocycles. The lowest BCUT2D eigenvalue weighted by atomic mass is 10.2. The van der Waals surface area contributed by atoms with Crippen LogP contribution in [0.3, 0.4) is 0 Å². The van der Waals surface area contributed by atoms with Gasteiger partial charge in [-0.1, -0.05) is 6.07 Å². The second kappa shape index (κ2) is 8.52. The fraction of sp³-hybridized carbons (Fsp3) is 0.550. The Morgan fingerprint density at radius 3 is 2.48 bits per heavy atom. The summed E-state index contributed by atoms with van der Waals surface area (Å²) in [6, 6.07) is 7.76. The molecule has 2 aromatic heterocycles. The lowest BCUT2D eigenvalue weighted by Gasteiger charge is -2.34. The van der Waals surface area contributed by atoms with Crippen molar-refractivity contribution in [2.75, 3.05) is 37.7 Å². The molecular weight excluding hydrogens is 342 g/mol. The number of aromatic nitrogens is 3. The molecule has 1 aliphatic rings. The van der Waals surface area contributed by atoms with Gasteiger partial charge in [0.1, 0.15) is 5.60 Å². The monoisotopic (exact) mass is 371 g/mol. The van der Waals surface area contributed by atoms with Crippen LogP contribution in [0.25, 0.3) is 0 Å². The first-order valence-electron chi connectivity index (χ1n) is 9.51. The molecule has 0 bridgehead atoms. The summed E-state index contributed by atoms with van der Waals surface area (Å²) in [5, 5.41) is 0. The second-order valence-corrected chi connectivity index (χ2v) is 7.57. The van der Waals surface area contributed by atoms with E-state index in [1.165, 1.54) is 0 Å². The average Bonchev–Trinajstić information content (AvgIpc) is 2.62. The maximum absolute atomic E-state index is 5.87. The Labute approximate surface area is 161 Å². The average molecular weight is 371 g/mol. The van der Waals surface area contributed by atoms with E-state index in [9.17, 15) is 0 Å². The van der Waals surface area contributed by atoms with Crippen molar-refractivity contribution in [3.63, 3.8) is 0 Å². The number of pyridine rings is 1. The van der Waals surface area contributed by atoms with E-state index in [1.54, 1.807) is 12.3 Å². The van der Waals surface area contributed by atoms with Crippen molar-refractivity contribution >= 4 is 5.95 Å². The zero-order chi connectivity index (χ0) is 19.3. The van der Waals surface area contributed by atoms with Gasteiger partial charge in [0.25, 0.3) is 0 Å². The highest BCUT2D eigenvalue weighted by atomic mass is 16.5. The zero-order valence-corrected chi connectivity index (χ0v) is 16.7. The van der Waals surface area contributed by atoms with Crippen molar-refractivity contribution in [1.29, 1.82) is 0 Å². The Bertz CT molecular complexity index is 739. The molecule has 0 unspecified atom stereocenters. The van der Waals surface area contributed by atoms with Crippen molar-refractivity contribution in [2.24, 2.45) is 0 Å². The molecule has 0 amide bonds. The first-order chi connectivity index (χ1) is 12.9. The van der Waals surface area contributed by atoms with Crippen LogP contribution in [0.1, 0.15) is 33.4 Å². The van der Waals surface area contributed by atoms with Gasteiger partial charge in [0, 0.05) is 51.1 Å². The van der Waals surface area contributed by atoms with Crippen molar-refractivity contribution in [3.8, 4) is 11.8 Å². The number of anilines is 1. The number of hydrogen-bond acceptors (Lipinski definition) is 7. The molecular formula is C20H29N5O2. The molecule has 1 aliphatic heterocycles. The Morgan fingerprint density at radius 2 is 1.78 bits per heavy atom. The summed E-state index contributed by atoms with van der Waals surface area (Å²) in [5.41, 5.74) is 0.785. The maximum atomic E-state index is 5.87. The van der Waals surface area contributed by atoms with Gasteiger partial charge in [-0.15, -0.1) is 0 Å². The van der Waals surface area contributed by atoms with Crippen molar-refractivity contribution in [3.05, 3.63) is 36.2 Å². The predicted octanol–water partition coefficient (Wildman–Crippen LogP) is 2.77. The van der Waals surface area contributed by atoms with Crippen LogP contribution >= 0.6 is 0 Å². The Morgan fingerprint density at radius 1 is 1.00 bits per heavy atom. The molecule has 0 saturated carbocycles. The zero-order valence-electron chi connectivity index (χ0n) is 16.7. The van der Waals surface area contributed by atoms with E-state index in [-0.39, 0.29) is 5.60 Å². The van der Waals surface area contributed by atoms with E-state index in [4.69, 9.17) is 9.47 Å². The molecule has 1 fully saturated rings. The topological polar surface area (TPSA) is 63.6 Å². The molecule has 0 atom stereocenters. The van der Waals surface area contributed by atoms with Gasteiger partial charge in [0.05, 0.1) is 12.3 Å². The maximum Gasteiger partial charge on any atom is 0.228 e. The van der Waals surface area contributed by atoms with Gasteiger partial charge in [0.15, 0.2) is 0 Å². The van der Waals surface area contributed by atoms with Gasteiger partial charge >= 0.3 is 0 Å². The summed E-state index contributed by atoms with van der Waals surface area (Å²) in [6.45, 7) is 13.1. The molecule has 27 heavy (non-hydrogen) atoms. The summed E-state index contributed by atoms with van der Waals surface area (Å²) >= 11 is 0. The molecule has 3 rings (SSSR count). The molecule has 7 heteroatoms. The van der Waals surface area contributed by atoms with Crippen LogP contribution in [0, 0.1) is 0 Å². The highest BCUT2D eigenvalue weighted by Crippen LogP contribution is 2.18. The van der Waals surface area contributed by atoms with Crippen molar-refractivity contribution < 1.29 is 9.47 Å². The first-order valence-corrected chi connectivity index (χ1v) is 9.51. The van der Waals surface area contributed by atoms with Crippen LogP contribution in [-0.2, 0) is 6.54 Å². The highest BCUT2D eigenvalue weighted by Gasteiger charge is 2.20. The molecule has 3 heterocycles. The first kappa shape index (κ1) is 19.4. The number of hydrogen-bond donors (Lipinski definition) is 0. The van der Waals surface area contributed by atoms with Gasteiger partial charge in [-0.2, -0.15) is 4.98 Å². The van der Waals surface area contributed by atoms with Crippen molar-refractivity contribution in [2.45, 2.75) is 39.8 Å². The standard InChI is InChI=1S/C20H29N5O2/c1-5-26-17-9-10-21-19(23-17)25-13-11-24(12-14-25)15-16-7-6-8-18(22-16)27-20(2,3)4/h6-10H,5,11-15H2,1-4H3. The third-order valence-electron chi connectivity index (χ3n) is 4.14. The third-order valence-corrected chi connectivity index (χ3v) is 4.14. The summed E-state index contributed by atoms with van der Waals surface area (Å²) in [6.07, 6.45) is 1.75. The molecule has 0 spiro atoms. The van der Waals surface area contributed by atoms with Gasteiger partial charge in [-0.05, 0) is 33.8 Å². The quantitative estimate of drug-likeness (QED) is 0.774. The summed E-state index contributed by atoms with van der Waals surface area (Å²) < 4.78 is 11.3. The van der Waals surface area contributed by atoms with Crippen LogP contribution in [0.15, 0.2) is 30.5 Å². The van der Waals surface area contributed by atoms with E-state index in [0.29, 0.717) is 18.4 Å². The Kier molecular flexibility index (Phi) is 6.11. The molecule has 7 nitrogen and oxygen atoms in total. The molecule has 1 saturated heterocycles. The number of rotatable bonds is 6. The minimum atomic E-state index is -0.243. The smallest absolute Gasteiger partial charge is 0.228 e. The van der Waals surface area contributed by atoms with Crippen LogP contribution < -0.4 is 14.4 Å². The predicted molar refractivity (Wildman–Crippen MR) is 105 cm³/mol. The van der Waals surface area contributed by atoms with Crippen LogP contribution in [0.5, 0.6) is 11.8 Å². The molecule has 2 aromatic rings. The third kappa shape index (κ3) is 5.79. The molecule has 0 N–H and O–H groups in total. The number of nitrogens with zero attached hydrogens (tertiary/aromatic N) is 5. The van der Waals surface area contributed by atoms with Crippen LogP contribution in [0.2, 0.25) is 0 Å². The lowest BCUT2D eigenvalue weighted by Crippen LogP contribution is -2.46. The minimum Gasteiger partial charge on any atom is -0.478 e. The second-order valence-electron chi connectivity index (χ2n) is 7.57. The lowest BCUT2D eigenvalue weighted by molar-refractivity contribution is 0.123. The van der Waals surface area contributed by atoms with E-state index < -0.39 is 0 Å². The minimum absolute atomic E-state index is 0.243. The fourth-order valence-electron chi connectivity index (χ4n) is 2.96. The van der Waals surface area contributed by atoms with Crippen LogP contribution in [-0.4, -0.2) is 58.2 Å². The Balaban J connectivity index is 1.55. The fourth-order valence-corrected chi connectivity index (χ4v) is 2.96. The van der Waals surface area contributed by atoms with E-state index in [2.05, 4.69) is 30.8 Å². The van der Waals surface area contributed by atoms with Gasteiger partial charge in [-0.25, -0.2) is 9.97 Å². The number of ether oxygens (including phenoxy) is 2. The summed E-state index contributed by atoms with van der Waals surface area (Å²) in [7, 11) is 0. The normalized spacial score (nSPS) is 15.6. The van der Waals surface area contributed by atoms with Gasteiger partial charge in [-0.3, -0.25) is 4.90 Å². The Hall–Kier alpha value is -2.41. The van der Waals surface area contributed by atoms with Gasteiger partial charge in [0.2, 0.25) is 17.7 Å². The summed E-state index contributed by atoms with van der Waals surface area (Å²) in [4.78, 5) is 18.1. The highest BCUT2D eigenvalue weighted by molar-refractivity contribution is 5.32. The molecule has 0 aromatic carbocycles. The molecule has 146 valence electrons. The van der Waals surface area contributed by atoms with E-state index in [1.807, 2.05) is 39.8 Å².